The molecule has 1 N–H and O–H groups in total. The lowest BCUT2D eigenvalue weighted by Gasteiger charge is -2.40. The first kappa shape index (κ1) is 34.6. The molecular formula is C30H31F7N6O3S. The number of carboxylic acids is 1. The molecule has 0 aliphatic carbocycles. The number of piperazine rings is 1. The predicted molar refractivity (Wildman–Crippen MR) is 158 cm³/mol. The molecule has 2 saturated heterocycles. The van der Waals surface area contributed by atoms with Gasteiger partial charge in [0, 0.05) is 49.2 Å². The maximum absolute atomic E-state index is 14.3. The number of hydrogen-bond acceptors (Lipinski definition) is 9. The smallest absolute Gasteiger partial charge is 0.416 e. The molecule has 0 bridgehead atoms. The van der Waals surface area contributed by atoms with Gasteiger partial charge in [-0.3, -0.25) is 19.4 Å². The Bertz CT molecular complexity index is 1600. The number of aromatic nitrogens is 3. The molecule has 4 heterocycles. The number of rotatable bonds is 10. The van der Waals surface area contributed by atoms with Crippen molar-refractivity contribution in [3.05, 3.63) is 57.6 Å². The Balaban J connectivity index is 1.35. The lowest BCUT2D eigenvalue weighted by Crippen LogP contribution is -2.52. The molecule has 2 aliphatic heterocycles. The fourth-order valence-electron chi connectivity index (χ4n) is 5.94. The number of anilines is 1. The summed E-state index contributed by atoms with van der Waals surface area (Å²) in [6.45, 7) is 3.99. The van der Waals surface area contributed by atoms with Crippen LogP contribution in [0.25, 0.3) is 11.3 Å². The number of Topliss-reactive ketones (excluding diaryl/α,β-unsaturated/α-hetero) is 1. The molecule has 17 heteroatoms. The lowest BCUT2D eigenvalue weighted by atomic mass is 10.1. The van der Waals surface area contributed by atoms with E-state index in [0.717, 1.165) is 17.4 Å². The number of ketones is 1. The number of carboxylic acid groups (broad SMARTS) is 1. The summed E-state index contributed by atoms with van der Waals surface area (Å²) in [6, 6.07) is 0.0961. The van der Waals surface area contributed by atoms with E-state index < -0.39 is 41.5 Å². The number of carbonyl (C=O) groups excluding carboxylic acids is 1. The monoisotopic (exact) mass is 688 g/mol. The highest BCUT2D eigenvalue weighted by Crippen LogP contribution is 2.39. The Morgan fingerprint density at radius 3 is 2.45 bits per heavy atom. The second kappa shape index (κ2) is 13.8. The largest absolute Gasteiger partial charge is 0.481 e. The highest BCUT2D eigenvalue weighted by molar-refractivity contribution is 7.12. The maximum atomic E-state index is 14.3. The van der Waals surface area contributed by atoms with E-state index in [0.29, 0.717) is 44.1 Å². The van der Waals surface area contributed by atoms with Gasteiger partial charge in [0.1, 0.15) is 28.4 Å². The van der Waals surface area contributed by atoms with Gasteiger partial charge in [-0.25, -0.2) is 19.3 Å². The van der Waals surface area contributed by atoms with E-state index in [4.69, 9.17) is 5.11 Å². The van der Waals surface area contributed by atoms with E-state index in [-0.39, 0.29) is 71.7 Å². The minimum absolute atomic E-state index is 0.00575. The van der Waals surface area contributed by atoms with Gasteiger partial charge in [0.05, 0.1) is 36.5 Å². The Morgan fingerprint density at radius 1 is 1.04 bits per heavy atom. The Morgan fingerprint density at radius 2 is 1.81 bits per heavy atom. The fourth-order valence-corrected chi connectivity index (χ4v) is 7.06. The molecule has 5 rings (SSSR count). The van der Waals surface area contributed by atoms with E-state index in [9.17, 15) is 40.3 Å². The highest BCUT2D eigenvalue weighted by atomic mass is 32.1. The van der Waals surface area contributed by atoms with Crippen molar-refractivity contribution in [3.63, 3.8) is 0 Å². The standard InChI is InChI=1S/C30H31F7N6O3S/c1-17-15-41(6-4-27(45)46)7-8-43(17)25-14-38-21(13-39-25)22(44)12-26-40-28(18-9-19(29(32,33)34)11-20(31)10-18)23(47-26)16-42-5-2-3-24(42)30(35,36)37/h9-11,13-14,17,24H,2-8,12,15-16H2,1H3,(H,45,46)/t17-,24+/m1/s1. The van der Waals surface area contributed by atoms with Gasteiger partial charge in [-0.05, 0) is 44.5 Å². The molecule has 1 aromatic carbocycles. The zero-order valence-electron chi connectivity index (χ0n) is 25.1. The van der Waals surface area contributed by atoms with Crippen molar-refractivity contribution < 1.29 is 45.4 Å². The first-order valence-electron chi connectivity index (χ1n) is 14.8. The van der Waals surface area contributed by atoms with Gasteiger partial charge in [-0.2, -0.15) is 26.3 Å². The third-order valence-corrected chi connectivity index (χ3v) is 9.25. The van der Waals surface area contributed by atoms with Crippen LogP contribution < -0.4 is 4.90 Å². The summed E-state index contributed by atoms with van der Waals surface area (Å²) in [5.74, 6) is -2.07. The maximum Gasteiger partial charge on any atom is 0.416 e. The Hall–Kier alpha value is -3.70. The van der Waals surface area contributed by atoms with E-state index in [1.807, 2.05) is 16.7 Å². The summed E-state index contributed by atoms with van der Waals surface area (Å²) >= 11 is 0.886. The van der Waals surface area contributed by atoms with Crippen LogP contribution in [0.2, 0.25) is 0 Å². The summed E-state index contributed by atoms with van der Waals surface area (Å²) < 4.78 is 95.8. The van der Waals surface area contributed by atoms with Gasteiger partial charge < -0.3 is 10.0 Å². The lowest BCUT2D eigenvalue weighted by molar-refractivity contribution is -0.177. The Labute approximate surface area is 269 Å². The first-order valence-corrected chi connectivity index (χ1v) is 15.6. The normalized spacial score (nSPS) is 19.8. The number of halogens is 7. The van der Waals surface area contributed by atoms with Crippen LogP contribution in [-0.4, -0.2) is 92.6 Å². The van der Waals surface area contributed by atoms with Crippen molar-refractivity contribution in [2.24, 2.45) is 0 Å². The average molecular weight is 689 g/mol. The zero-order valence-corrected chi connectivity index (χ0v) is 25.9. The molecule has 0 saturated carbocycles. The number of thiazole rings is 1. The van der Waals surface area contributed by atoms with Gasteiger partial charge in [-0.1, -0.05) is 0 Å². The van der Waals surface area contributed by atoms with Crippen LogP contribution >= 0.6 is 11.3 Å². The molecule has 0 amide bonds. The summed E-state index contributed by atoms with van der Waals surface area (Å²) in [5.41, 5.74) is -1.66. The van der Waals surface area contributed by atoms with Crippen LogP contribution in [0.5, 0.6) is 0 Å². The molecule has 0 spiro atoms. The fraction of sp³-hybridized carbons (Fsp3) is 0.500. The number of alkyl halides is 6. The summed E-state index contributed by atoms with van der Waals surface area (Å²) in [5, 5.41) is 9.06. The van der Waals surface area contributed by atoms with Gasteiger partial charge in [0.2, 0.25) is 0 Å². The first-order chi connectivity index (χ1) is 22.1. The van der Waals surface area contributed by atoms with Crippen LogP contribution in [0.1, 0.15) is 52.1 Å². The number of nitrogens with zero attached hydrogens (tertiary/aromatic N) is 6. The van der Waals surface area contributed by atoms with Crippen molar-refractivity contribution in [2.45, 2.75) is 63.6 Å². The molecular weight excluding hydrogens is 657 g/mol. The number of aliphatic carboxylic acids is 1. The second-order valence-electron chi connectivity index (χ2n) is 11.6. The minimum atomic E-state index is -4.88. The van der Waals surface area contributed by atoms with E-state index in [1.54, 1.807) is 0 Å². The van der Waals surface area contributed by atoms with Gasteiger partial charge in [0.15, 0.2) is 5.78 Å². The highest BCUT2D eigenvalue weighted by Gasteiger charge is 2.46. The molecule has 254 valence electrons. The second-order valence-corrected chi connectivity index (χ2v) is 12.8. The van der Waals surface area contributed by atoms with Crippen LogP contribution in [-0.2, 0) is 23.9 Å². The van der Waals surface area contributed by atoms with Crippen LogP contribution in [0.15, 0.2) is 30.6 Å². The number of benzene rings is 1. The molecule has 3 aromatic rings. The predicted octanol–water partition coefficient (Wildman–Crippen LogP) is 5.70. The molecule has 47 heavy (non-hydrogen) atoms. The molecule has 2 fully saturated rings. The van der Waals surface area contributed by atoms with Gasteiger partial charge >= 0.3 is 18.3 Å². The van der Waals surface area contributed by atoms with E-state index in [1.165, 1.54) is 17.3 Å². The zero-order chi connectivity index (χ0) is 34.1. The quantitative estimate of drug-likeness (QED) is 0.213. The number of likely N-dealkylation sites (tertiary alicyclic amines) is 1. The van der Waals surface area contributed by atoms with Crippen LogP contribution in [0.3, 0.4) is 0 Å². The minimum Gasteiger partial charge on any atom is -0.481 e. The van der Waals surface area contributed by atoms with Crippen molar-refractivity contribution in [1.29, 1.82) is 0 Å². The number of hydrogen-bond donors (Lipinski definition) is 1. The van der Waals surface area contributed by atoms with Crippen molar-refractivity contribution in [3.8, 4) is 11.3 Å². The summed E-state index contributed by atoms with van der Waals surface area (Å²) in [7, 11) is 0. The summed E-state index contributed by atoms with van der Waals surface area (Å²) in [4.78, 5) is 42.4. The molecule has 2 atom stereocenters. The third-order valence-electron chi connectivity index (χ3n) is 8.21. The Kier molecular flexibility index (Phi) is 10.2. The van der Waals surface area contributed by atoms with Crippen molar-refractivity contribution in [2.75, 3.05) is 37.6 Å². The molecule has 0 radical (unpaired) electrons. The van der Waals surface area contributed by atoms with Crippen LogP contribution in [0.4, 0.5) is 36.6 Å². The molecule has 2 aromatic heterocycles. The SMILES string of the molecule is C[C@@H]1CN(CCC(=O)O)CCN1c1cnc(C(=O)Cc2nc(-c3cc(F)cc(C(F)(F)F)c3)c(CN3CCC[C@H]3C(F)(F)F)s2)cn1. The molecule has 0 unspecified atom stereocenters. The topological polar surface area (TPSA) is 103 Å². The van der Waals surface area contributed by atoms with Crippen molar-refractivity contribution >= 4 is 28.9 Å². The van der Waals surface area contributed by atoms with Crippen molar-refractivity contribution in [1.82, 2.24) is 24.8 Å². The van der Waals surface area contributed by atoms with E-state index >= 15 is 0 Å². The third kappa shape index (κ3) is 8.43. The number of carbonyl (C=O) groups is 2. The van der Waals surface area contributed by atoms with E-state index in [2.05, 4.69) is 15.0 Å². The molecule has 9 nitrogen and oxygen atoms in total. The van der Waals surface area contributed by atoms with Crippen LogP contribution in [0, 0.1) is 5.82 Å². The van der Waals surface area contributed by atoms with Gasteiger partial charge in [0.25, 0.3) is 0 Å². The average Bonchev–Trinajstić information content (AvgIpc) is 3.63. The van der Waals surface area contributed by atoms with Gasteiger partial charge in [-0.15, -0.1) is 11.3 Å². The molecule has 2 aliphatic rings. The summed E-state index contributed by atoms with van der Waals surface area (Å²) in [6.07, 6.45) is -6.84.